The Balaban J connectivity index is 1.46. The summed E-state index contributed by atoms with van der Waals surface area (Å²) in [6, 6.07) is 15.5. The second kappa shape index (κ2) is 5.91. The van der Waals surface area contributed by atoms with Gasteiger partial charge in [0, 0.05) is 6.54 Å². The van der Waals surface area contributed by atoms with Crippen molar-refractivity contribution >= 4 is 11.3 Å². The largest absolute Gasteiger partial charge is 0.457 e. The van der Waals surface area contributed by atoms with E-state index in [1.807, 2.05) is 24.3 Å². The monoisotopic (exact) mass is 302 g/mol. The van der Waals surface area contributed by atoms with Gasteiger partial charge in [0.1, 0.15) is 11.5 Å². The minimum atomic E-state index is 0.626. The van der Waals surface area contributed by atoms with E-state index in [0.717, 1.165) is 30.5 Å². The highest BCUT2D eigenvalue weighted by Gasteiger charge is 2.31. The van der Waals surface area contributed by atoms with Gasteiger partial charge in [-0.1, -0.05) is 30.3 Å². The Morgan fingerprint density at radius 3 is 2.30 bits per heavy atom. The van der Waals surface area contributed by atoms with Crippen molar-refractivity contribution in [2.45, 2.75) is 6.42 Å². The van der Waals surface area contributed by atoms with Crippen molar-refractivity contribution in [1.29, 1.82) is 0 Å². The number of ether oxygens (including phenoxy) is 1. The van der Waals surface area contributed by atoms with E-state index in [1.165, 1.54) is 17.6 Å². The van der Waals surface area contributed by atoms with Gasteiger partial charge in [-0.3, -0.25) is 0 Å². The molecule has 1 aliphatic heterocycles. The van der Waals surface area contributed by atoms with Gasteiger partial charge in [-0.15, -0.1) is 0 Å². The van der Waals surface area contributed by atoms with Crippen LogP contribution in [0.5, 0.6) is 11.5 Å². The number of allylic oxidation sites excluding steroid dienone is 1. The lowest BCUT2D eigenvalue weighted by Crippen LogP contribution is -2.09. The molecule has 1 heterocycles. The van der Waals surface area contributed by atoms with Crippen LogP contribution in [-0.4, -0.2) is 13.1 Å². The van der Waals surface area contributed by atoms with Gasteiger partial charge in [-0.2, -0.15) is 0 Å². The van der Waals surface area contributed by atoms with Crippen LogP contribution in [0.4, 0.5) is 5.69 Å². The average Bonchev–Trinajstić information content (AvgIpc) is 3.18. The molecule has 0 aromatic heterocycles. The van der Waals surface area contributed by atoms with Gasteiger partial charge in [0.15, 0.2) is 5.69 Å². The first-order valence-corrected chi connectivity index (χ1v) is 7.99. The summed E-state index contributed by atoms with van der Waals surface area (Å²) in [6.07, 6.45) is 3.61. The minimum absolute atomic E-state index is 0.626. The van der Waals surface area contributed by atoms with Crippen molar-refractivity contribution in [1.82, 2.24) is 5.32 Å². The number of nitrogens with zero attached hydrogens (tertiary/aromatic N) is 1. The second-order valence-electron chi connectivity index (χ2n) is 6.21. The number of benzene rings is 2. The Morgan fingerprint density at radius 2 is 1.65 bits per heavy atom. The smallest absolute Gasteiger partial charge is 0.187 e. The van der Waals surface area contributed by atoms with Crippen LogP contribution in [-0.2, 0) is 0 Å². The molecule has 1 fully saturated rings. The third-order valence-electron chi connectivity index (χ3n) is 4.72. The zero-order valence-electron chi connectivity index (χ0n) is 12.8. The summed E-state index contributed by atoms with van der Waals surface area (Å²) >= 11 is 0. The maximum absolute atomic E-state index is 6.96. The Kier molecular flexibility index (Phi) is 3.61. The van der Waals surface area contributed by atoms with E-state index in [1.54, 1.807) is 12.1 Å². The van der Waals surface area contributed by atoms with E-state index in [2.05, 4.69) is 28.4 Å². The quantitative estimate of drug-likeness (QED) is 0.835. The van der Waals surface area contributed by atoms with Crippen LogP contribution >= 0.6 is 0 Å². The van der Waals surface area contributed by atoms with Crippen molar-refractivity contribution in [2.24, 2.45) is 11.8 Å². The van der Waals surface area contributed by atoms with Crippen molar-refractivity contribution in [3.63, 3.8) is 0 Å². The van der Waals surface area contributed by atoms with Crippen LogP contribution < -0.4 is 10.1 Å². The highest BCUT2D eigenvalue weighted by molar-refractivity contribution is 5.69. The van der Waals surface area contributed by atoms with Crippen LogP contribution in [0, 0.1) is 18.4 Å². The zero-order chi connectivity index (χ0) is 15.6. The molecule has 0 saturated carbocycles. The molecular formula is C20H18N2O. The topological polar surface area (TPSA) is 25.6 Å². The van der Waals surface area contributed by atoms with Gasteiger partial charge in [0.25, 0.3) is 0 Å². The Labute approximate surface area is 136 Å². The van der Waals surface area contributed by atoms with E-state index in [0.29, 0.717) is 11.6 Å². The molecule has 1 N–H and O–H groups in total. The molecule has 114 valence electrons. The normalized spacial score (nSPS) is 22.3. The van der Waals surface area contributed by atoms with E-state index < -0.39 is 0 Å². The highest BCUT2D eigenvalue weighted by atomic mass is 16.5. The maximum Gasteiger partial charge on any atom is 0.187 e. The molecule has 2 aliphatic rings. The summed E-state index contributed by atoms with van der Waals surface area (Å²) in [5.74, 6) is 3.07. The summed E-state index contributed by atoms with van der Waals surface area (Å²) in [5.41, 5.74) is 3.39. The minimum Gasteiger partial charge on any atom is -0.457 e. The Morgan fingerprint density at radius 1 is 0.957 bits per heavy atom. The lowest BCUT2D eigenvalue weighted by molar-refractivity contribution is 0.483. The van der Waals surface area contributed by atoms with Crippen LogP contribution in [0.15, 0.2) is 54.6 Å². The van der Waals surface area contributed by atoms with E-state index >= 15 is 0 Å². The van der Waals surface area contributed by atoms with Gasteiger partial charge < -0.3 is 10.1 Å². The van der Waals surface area contributed by atoms with Crippen LogP contribution in [0.1, 0.15) is 12.0 Å². The molecular weight excluding hydrogens is 284 g/mol. The number of hydrogen-bond donors (Lipinski definition) is 1. The summed E-state index contributed by atoms with van der Waals surface area (Å²) in [7, 11) is 0. The molecule has 0 unspecified atom stereocenters. The number of nitrogens with one attached hydrogen (secondary N) is 1. The lowest BCUT2D eigenvalue weighted by atomic mass is 9.98. The first-order chi connectivity index (χ1) is 11.3. The number of fused-ring (bicyclic) bond motifs is 1. The molecule has 1 saturated heterocycles. The molecule has 0 amide bonds. The third-order valence-corrected chi connectivity index (χ3v) is 4.72. The predicted octanol–water partition coefficient (Wildman–Crippen LogP) is 4.65. The number of hydrogen-bond acceptors (Lipinski definition) is 2. The molecule has 2 aromatic carbocycles. The van der Waals surface area contributed by atoms with Crippen LogP contribution in [0.2, 0.25) is 0 Å². The average molecular weight is 302 g/mol. The molecule has 2 atom stereocenters. The van der Waals surface area contributed by atoms with E-state index in [9.17, 15) is 0 Å². The van der Waals surface area contributed by atoms with Crippen LogP contribution in [0.25, 0.3) is 10.4 Å². The highest BCUT2D eigenvalue weighted by Crippen LogP contribution is 2.38. The van der Waals surface area contributed by atoms with Gasteiger partial charge in [0.2, 0.25) is 0 Å². The van der Waals surface area contributed by atoms with Crippen molar-refractivity contribution in [2.75, 3.05) is 13.1 Å². The molecule has 0 bridgehead atoms. The molecule has 0 spiro atoms. The number of rotatable bonds is 3. The molecule has 3 heteroatoms. The molecule has 4 rings (SSSR count). The second-order valence-corrected chi connectivity index (χ2v) is 6.21. The van der Waals surface area contributed by atoms with E-state index in [-0.39, 0.29) is 0 Å². The summed E-state index contributed by atoms with van der Waals surface area (Å²) < 4.78 is 5.84. The van der Waals surface area contributed by atoms with Crippen molar-refractivity contribution in [3.8, 4) is 11.5 Å². The first kappa shape index (κ1) is 14.0. The Bertz CT molecular complexity index is 769. The van der Waals surface area contributed by atoms with Crippen molar-refractivity contribution < 1.29 is 4.74 Å². The fraction of sp³-hybridized carbons (Fsp3) is 0.250. The SMILES string of the molecule is [C-]#[N+]c1ccc(Oc2ccc(C3=C[C@H]4CNC[C@H]4C3)cc2)cc1. The summed E-state index contributed by atoms with van der Waals surface area (Å²) in [5, 5.41) is 3.46. The predicted molar refractivity (Wildman–Crippen MR) is 91.7 cm³/mol. The summed E-state index contributed by atoms with van der Waals surface area (Å²) in [6.45, 7) is 9.23. The summed E-state index contributed by atoms with van der Waals surface area (Å²) in [4.78, 5) is 3.38. The zero-order valence-corrected chi connectivity index (χ0v) is 12.8. The molecule has 3 nitrogen and oxygen atoms in total. The fourth-order valence-electron chi connectivity index (χ4n) is 3.46. The maximum atomic E-state index is 6.96. The van der Waals surface area contributed by atoms with Gasteiger partial charge in [-0.05, 0) is 60.2 Å². The molecule has 0 radical (unpaired) electrons. The molecule has 1 aliphatic carbocycles. The van der Waals surface area contributed by atoms with E-state index in [4.69, 9.17) is 11.3 Å². The molecule has 23 heavy (non-hydrogen) atoms. The Hall–Kier alpha value is -2.57. The first-order valence-electron chi connectivity index (χ1n) is 7.99. The standard InChI is InChI=1S/C20H18N2O/c1-21-18-4-8-20(9-5-18)23-19-6-2-14(3-7-19)15-10-16-12-22-13-17(16)11-15/h2-10,16-17,22H,11-13H2/t16-,17+/m0/s1. The lowest BCUT2D eigenvalue weighted by Gasteiger charge is -2.09. The van der Waals surface area contributed by atoms with Crippen molar-refractivity contribution in [3.05, 3.63) is 71.6 Å². The van der Waals surface area contributed by atoms with Gasteiger partial charge in [-0.25, -0.2) is 4.85 Å². The van der Waals surface area contributed by atoms with Gasteiger partial charge >= 0.3 is 0 Å². The fourth-order valence-corrected chi connectivity index (χ4v) is 3.46. The molecule has 2 aromatic rings. The van der Waals surface area contributed by atoms with Gasteiger partial charge in [0.05, 0.1) is 6.57 Å². The van der Waals surface area contributed by atoms with Crippen LogP contribution in [0.3, 0.4) is 0 Å². The third kappa shape index (κ3) is 2.86.